The first-order valence-electron chi connectivity index (χ1n) is 7.74. The third kappa shape index (κ3) is 2.23. The van der Waals surface area contributed by atoms with Gasteiger partial charge in [0.2, 0.25) is 5.79 Å². The molecule has 3 heteroatoms. The normalized spacial score (nSPS) is 29.4. The van der Waals surface area contributed by atoms with E-state index >= 15 is 0 Å². The summed E-state index contributed by atoms with van der Waals surface area (Å²) in [5.41, 5.74) is 2.38. The second kappa shape index (κ2) is 5.48. The Labute approximate surface area is 139 Å². The van der Waals surface area contributed by atoms with Crippen LogP contribution >= 0.6 is 15.9 Å². The molecule has 2 aliphatic rings. The second-order valence-electron chi connectivity index (χ2n) is 6.35. The highest BCUT2D eigenvalue weighted by Crippen LogP contribution is 2.57. The van der Waals surface area contributed by atoms with Gasteiger partial charge in [0.1, 0.15) is 0 Å². The van der Waals surface area contributed by atoms with Crippen LogP contribution in [0.3, 0.4) is 0 Å². The number of hydrogen-bond acceptors (Lipinski definition) is 2. The van der Waals surface area contributed by atoms with E-state index in [-0.39, 0.29) is 5.41 Å². The van der Waals surface area contributed by atoms with E-state index in [0.29, 0.717) is 5.92 Å². The summed E-state index contributed by atoms with van der Waals surface area (Å²) in [4.78, 5) is 0. The highest BCUT2D eigenvalue weighted by Gasteiger charge is 2.58. The molecule has 2 fully saturated rings. The smallest absolute Gasteiger partial charge is 0.222 e. The molecule has 2 aromatic rings. The third-order valence-corrected chi connectivity index (χ3v) is 6.10. The molecule has 1 aliphatic carbocycles. The van der Waals surface area contributed by atoms with E-state index in [4.69, 9.17) is 9.47 Å². The first kappa shape index (κ1) is 14.4. The minimum Gasteiger partial charge on any atom is -0.342 e. The Morgan fingerprint density at radius 1 is 0.909 bits per heavy atom. The van der Waals surface area contributed by atoms with E-state index in [9.17, 15) is 0 Å². The first-order chi connectivity index (χ1) is 10.8. The lowest BCUT2D eigenvalue weighted by atomic mass is 9.97. The van der Waals surface area contributed by atoms with Gasteiger partial charge in [-0.25, -0.2) is 0 Å². The van der Waals surface area contributed by atoms with Crippen LogP contribution in [0.25, 0.3) is 0 Å². The summed E-state index contributed by atoms with van der Waals surface area (Å²) < 4.78 is 12.9. The lowest BCUT2D eigenvalue weighted by molar-refractivity contribution is -0.213. The second-order valence-corrected chi connectivity index (χ2v) is 6.91. The molecule has 22 heavy (non-hydrogen) atoms. The van der Waals surface area contributed by atoms with Gasteiger partial charge >= 0.3 is 0 Å². The molecule has 1 aliphatic heterocycles. The molecular weight excluding hydrogens is 340 g/mol. The molecule has 2 nitrogen and oxygen atoms in total. The quantitative estimate of drug-likeness (QED) is 0.760. The minimum absolute atomic E-state index is 0.255. The maximum atomic E-state index is 6.46. The van der Waals surface area contributed by atoms with Crippen LogP contribution in [0.4, 0.5) is 0 Å². The fourth-order valence-electron chi connectivity index (χ4n) is 3.37. The number of fused-ring (bicyclic) bond motifs is 1. The maximum absolute atomic E-state index is 6.46. The van der Waals surface area contributed by atoms with E-state index in [0.717, 1.165) is 29.7 Å². The van der Waals surface area contributed by atoms with E-state index in [1.165, 1.54) is 6.42 Å². The van der Waals surface area contributed by atoms with Gasteiger partial charge in [-0.2, -0.15) is 0 Å². The molecule has 0 N–H and O–H groups in total. The predicted molar refractivity (Wildman–Crippen MR) is 89.9 cm³/mol. The molecule has 2 atom stereocenters. The van der Waals surface area contributed by atoms with Crippen molar-refractivity contribution in [2.24, 2.45) is 11.3 Å². The van der Waals surface area contributed by atoms with Crippen molar-refractivity contribution in [3.8, 4) is 0 Å². The van der Waals surface area contributed by atoms with Gasteiger partial charge < -0.3 is 9.47 Å². The zero-order valence-corrected chi connectivity index (χ0v) is 14.0. The summed E-state index contributed by atoms with van der Waals surface area (Å²) in [5, 5.41) is 0.980. The van der Waals surface area contributed by atoms with E-state index < -0.39 is 5.79 Å². The van der Waals surface area contributed by atoms with Crippen molar-refractivity contribution in [2.75, 3.05) is 18.5 Å². The molecule has 2 unspecified atom stereocenters. The van der Waals surface area contributed by atoms with Crippen molar-refractivity contribution in [3.63, 3.8) is 0 Å². The Morgan fingerprint density at radius 3 is 2.05 bits per heavy atom. The van der Waals surface area contributed by atoms with Gasteiger partial charge in [-0.1, -0.05) is 76.6 Å². The summed E-state index contributed by atoms with van der Waals surface area (Å²) in [6.07, 6.45) is 1.19. The number of alkyl halides is 1. The van der Waals surface area contributed by atoms with Gasteiger partial charge in [0.25, 0.3) is 0 Å². The Kier molecular flexibility index (Phi) is 3.60. The largest absolute Gasteiger partial charge is 0.342 e. The zero-order valence-electron chi connectivity index (χ0n) is 12.4. The SMILES string of the molecule is BrCC12COC(c3ccccc3)(c3ccccc3)OCC1C2. The Hall–Kier alpha value is -1.16. The topological polar surface area (TPSA) is 18.5 Å². The molecule has 0 radical (unpaired) electrons. The first-order valence-corrected chi connectivity index (χ1v) is 8.86. The standard InChI is InChI=1S/C19H19BrO2/c20-13-18-11-17(18)12-21-19(22-14-18,15-7-3-1-4-8-15)16-9-5-2-6-10-16/h1-10,17H,11-14H2. The number of rotatable bonds is 3. The molecule has 2 aromatic carbocycles. The molecule has 1 saturated carbocycles. The van der Waals surface area contributed by atoms with Gasteiger partial charge in [-0.05, 0) is 12.3 Å². The summed E-state index contributed by atoms with van der Waals surface area (Å²) in [5.74, 6) is -0.188. The number of benzene rings is 2. The molecule has 0 amide bonds. The Balaban J connectivity index is 1.77. The van der Waals surface area contributed by atoms with E-state index in [2.05, 4.69) is 40.2 Å². The minimum atomic E-state index is -0.787. The summed E-state index contributed by atoms with van der Waals surface area (Å²) in [6, 6.07) is 20.6. The van der Waals surface area contributed by atoms with E-state index in [1.54, 1.807) is 0 Å². The van der Waals surface area contributed by atoms with Gasteiger partial charge in [0, 0.05) is 21.9 Å². The van der Waals surface area contributed by atoms with Gasteiger partial charge in [-0.15, -0.1) is 0 Å². The zero-order chi connectivity index (χ0) is 15.0. The van der Waals surface area contributed by atoms with Crippen LogP contribution in [-0.4, -0.2) is 18.5 Å². The number of halogens is 1. The molecule has 1 saturated heterocycles. The molecular formula is C19H19BrO2. The van der Waals surface area contributed by atoms with Gasteiger partial charge in [0.05, 0.1) is 13.2 Å². The molecule has 4 rings (SSSR count). The van der Waals surface area contributed by atoms with Crippen LogP contribution in [0.5, 0.6) is 0 Å². The van der Waals surface area contributed by atoms with Crippen molar-refractivity contribution < 1.29 is 9.47 Å². The fraction of sp³-hybridized carbons (Fsp3) is 0.368. The van der Waals surface area contributed by atoms with Crippen molar-refractivity contribution >= 4 is 15.9 Å². The van der Waals surface area contributed by atoms with Gasteiger partial charge in [-0.3, -0.25) is 0 Å². The molecule has 1 heterocycles. The maximum Gasteiger partial charge on any atom is 0.222 e. The Bertz CT molecular complexity index is 603. The van der Waals surface area contributed by atoms with Crippen LogP contribution in [0.15, 0.2) is 60.7 Å². The summed E-state index contributed by atoms with van der Waals surface area (Å²) >= 11 is 3.66. The number of ether oxygens (including phenoxy) is 2. The lowest BCUT2D eigenvalue weighted by Gasteiger charge is -2.34. The highest BCUT2D eigenvalue weighted by atomic mass is 79.9. The van der Waals surface area contributed by atoms with Crippen LogP contribution in [0.1, 0.15) is 17.5 Å². The third-order valence-electron chi connectivity index (χ3n) is 4.98. The molecule has 0 bridgehead atoms. The van der Waals surface area contributed by atoms with Crippen molar-refractivity contribution in [2.45, 2.75) is 12.2 Å². The van der Waals surface area contributed by atoms with Crippen LogP contribution in [0.2, 0.25) is 0 Å². The summed E-state index contributed by atoms with van der Waals surface area (Å²) in [7, 11) is 0. The van der Waals surface area contributed by atoms with Gasteiger partial charge in [0.15, 0.2) is 0 Å². The van der Waals surface area contributed by atoms with E-state index in [1.807, 2.05) is 36.4 Å². The fourth-order valence-corrected chi connectivity index (χ4v) is 4.22. The monoisotopic (exact) mass is 358 g/mol. The molecule has 114 valence electrons. The Morgan fingerprint density at radius 2 is 1.50 bits per heavy atom. The van der Waals surface area contributed by atoms with Crippen LogP contribution in [0, 0.1) is 11.3 Å². The van der Waals surface area contributed by atoms with Crippen molar-refractivity contribution in [1.82, 2.24) is 0 Å². The van der Waals surface area contributed by atoms with Crippen LogP contribution < -0.4 is 0 Å². The average molecular weight is 359 g/mol. The molecule has 0 spiro atoms. The van der Waals surface area contributed by atoms with Crippen LogP contribution in [-0.2, 0) is 15.3 Å². The summed E-state index contributed by atoms with van der Waals surface area (Å²) in [6.45, 7) is 1.47. The predicted octanol–water partition coefficient (Wildman–Crippen LogP) is 4.34. The molecule has 0 aromatic heterocycles. The highest BCUT2D eigenvalue weighted by molar-refractivity contribution is 9.09. The van der Waals surface area contributed by atoms with Crippen molar-refractivity contribution in [3.05, 3.63) is 71.8 Å². The lowest BCUT2D eigenvalue weighted by Crippen LogP contribution is -2.35. The number of hydrogen-bond donors (Lipinski definition) is 0. The average Bonchev–Trinajstić information content (AvgIpc) is 3.32. The van der Waals surface area contributed by atoms with Crippen molar-refractivity contribution in [1.29, 1.82) is 0 Å².